The van der Waals surface area contributed by atoms with Crippen LogP contribution in [0.4, 0.5) is 0 Å². The molecule has 4 aliphatic rings. The van der Waals surface area contributed by atoms with Gasteiger partial charge >= 0.3 is 0 Å². The van der Waals surface area contributed by atoms with Crippen LogP contribution in [0.1, 0.15) is 45.4 Å². The van der Waals surface area contributed by atoms with Crippen LogP contribution in [0.3, 0.4) is 0 Å². The van der Waals surface area contributed by atoms with Gasteiger partial charge in [0.25, 0.3) is 0 Å². The third kappa shape index (κ3) is 6.19. The van der Waals surface area contributed by atoms with Gasteiger partial charge in [0.05, 0.1) is 24.9 Å². The Labute approximate surface area is 200 Å². The van der Waals surface area contributed by atoms with Crippen LogP contribution in [0, 0.1) is 11.8 Å². The van der Waals surface area contributed by atoms with Gasteiger partial charge in [0.2, 0.25) is 11.8 Å². The minimum atomic E-state index is -0.879. The van der Waals surface area contributed by atoms with Gasteiger partial charge in [0.1, 0.15) is 5.50 Å². The topological polar surface area (TPSA) is 129 Å². The summed E-state index contributed by atoms with van der Waals surface area (Å²) in [5.74, 6) is 0.237. The van der Waals surface area contributed by atoms with Crippen LogP contribution in [0.25, 0.3) is 0 Å². The standard InChI is InChI=1S/C22H40N6O4S/c1-13(33-22-26-24-12-27(22)2)14-4-3-5-16(8-14)25-20(31)17-9-15(6-7-23-17)21(32)28-10-18(29)19(30)11-28/h13-19,22-24,26,29-30H,3-12H2,1-2H3,(H,25,31)/t13-,14?,15?,16?,17?,18-,19-,22?/m0/s1. The molecule has 5 unspecified atom stereocenters. The van der Waals surface area contributed by atoms with E-state index in [0.717, 1.165) is 25.9 Å². The van der Waals surface area contributed by atoms with Gasteiger partial charge in [-0.2, -0.15) is 0 Å². The fourth-order valence-corrected chi connectivity index (χ4v) is 6.85. The Morgan fingerprint density at radius 2 is 1.88 bits per heavy atom. The summed E-state index contributed by atoms with van der Waals surface area (Å²) in [6.07, 6.45) is 3.67. The summed E-state index contributed by atoms with van der Waals surface area (Å²) in [6.45, 7) is 4.08. The van der Waals surface area contributed by atoms with Crippen molar-refractivity contribution in [2.75, 3.05) is 33.4 Å². The van der Waals surface area contributed by atoms with E-state index in [9.17, 15) is 19.8 Å². The maximum absolute atomic E-state index is 13.0. The van der Waals surface area contributed by atoms with Crippen LogP contribution in [0.2, 0.25) is 0 Å². The van der Waals surface area contributed by atoms with Gasteiger partial charge < -0.3 is 25.7 Å². The number of carbonyl (C=O) groups is 2. The van der Waals surface area contributed by atoms with E-state index in [0.29, 0.717) is 30.6 Å². The highest BCUT2D eigenvalue weighted by molar-refractivity contribution is 8.00. The number of carbonyl (C=O) groups excluding carboxylic acids is 2. The highest BCUT2D eigenvalue weighted by Crippen LogP contribution is 2.35. The summed E-state index contributed by atoms with van der Waals surface area (Å²) in [6, 6.07) is -0.201. The van der Waals surface area contributed by atoms with Gasteiger partial charge in [0, 0.05) is 30.3 Å². The molecule has 2 amide bonds. The first-order valence-corrected chi connectivity index (χ1v) is 13.3. The summed E-state index contributed by atoms with van der Waals surface area (Å²) >= 11 is 1.94. The zero-order chi connectivity index (χ0) is 23.5. The molecule has 0 radical (unpaired) electrons. The first-order valence-electron chi connectivity index (χ1n) is 12.3. The number of piperidine rings is 1. The number of hydrazine groups is 1. The van der Waals surface area contributed by atoms with E-state index in [1.807, 2.05) is 11.8 Å². The minimum Gasteiger partial charge on any atom is -0.388 e. The fourth-order valence-electron chi connectivity index (χ4n) is 5.54. The van der Waals surface area contributed by atoms with Crippen molar-refractivity contribution in [1.82, 2.24) is 31.3 Å². The number of aliphatic hydroxyl groups is 2. The molecule has 8 atom stereocenters. The third-order valence-corrected chi connectivity index (χ3v) is 9.21. The average molecular weight is 485 g/mol. The van der Waals surface area contributed by atoms with E-state index < -0.39 is 12.2 Å². The summed E-state index contributed by atoms with van der Waals surface area (Å²) < 4.78 is 0. The Balaban J connectivity index is 1.25. The summed E-state index contributed by atoms with van der Waals surface area (Å²) in [5.41, 5.74) is 6.75. The van der Waals surface area contributed by atoms with E-state index in [2.05, 4.69) is 40.4 Å². The quantitative estimate of drug-likeness (QED) is 0.281. The van der Waals surface area contributed by atoms with Gasteiger partial charge in [0.15, 0.2) is 0 Å². The summed E-state index contributed by atoms with van der Waals surface area (Å²) in [4.78, 5) is 29.7. The van der Waals surface area contributed by atoms with Gasteiger partial charge in [-0.05, 0) is 51.6 Å². The molecule has 0 bridgehead atoms. The summed E-state index contributed by atoms with van der Waals surface area (Å²) in [5, 5.41) is 26.6. The smallest absolute Gasteiger partial charge is 0.237 e. The van der Waals surface area contributed by atoms with Crippen molar-refractivity contribution in [3.05, 3.63) is 0 Å². The molecule has 11 heteroatoms. The minimum absolute atomic E-state index is 0.0126. The molecule has 33 heavy (non-hydrogen) atoms. The number of nitrogens with one attached hydrogen (secondary N) is 4. The maximum Gasteiger partial charge on any atom is 0.237 e. The molecule has 0 spiro atoms. The lowest BCUT2D eigenvalue weighted by Gasteiger charge is -2.36. The van der Waals surface area contributed by atoms with Crippen molar-refractivity contribution in [1.29, 1.82) is 0 Å². The highest BCUT2D eigenvalue weighted by Gasteiger charge is 2.39. The predicted molar refractivity (Wildman–Crippen MR) is 127 cm³/mol. The predicted octanol–water partition coefficient (Wildman–Crippen LogP) is -1.00. The van der Waals surface area contributed by atoms with Crippen molar-refractivity contribution in [3.63, 3.8) is 0 Å². The molecule has 3 heterocycles. The Hall–Kier alpha value is -0.950. The molecule has 1 saturated carbocycles. The lowest BCUT2D eigenvalue weighted by Crippen LogP contribution is -2.54. The lowest BCUT2D eigenvalue weighted by molar-refractivity contribution is -0.137. The zero-order valence-electron chi connectivity index (χ0n) is 19.7. The van der Waals surface area contributed by atoms with E-state index in [-0.39, 0.29) is 48.4 Å². The Kier molecular flexibility index (Phi) is 8.53. The molecule has 4 fully saturated rings. The Bertz CT molecular complexity index is 692. The number of likely N-dealkylation sites (tertiary alicyclic amines) is 1. The van der Waals surface area contributed by atoms with Crippen molar-refractivity contribution >= 4 is 23.6 Å². The number of aliphatic hydroxyl groups excluding tert-OH is 2. The van der Waals surface area contributed by atoms with Crippen LogP contribution in [-0.2, 0) is 9.59 Å². The number of hydrogen-bond acceptors (Lipinski definition) is 9. The fraction of sp³-hybridized carbons (Fsp3) is 0.909. The van der Waals surface area contributed by atoms with Crippen molar-refractivity contribution in [3.8, 4) is 0 Å². The zero-order valence-corrected chi connectivity index (χ0v) is 20.5. The van der Waals surface area contributed by atoms with Crippen molar-refractivity contribution in [2.24, 2.45) is 11.8 Å². The number of nitrogens with zero attached hydrogens (tertiary/aromatic N) is 2. The van der Waals surface area contributed by atoms with Gasteiger partial charge in [-0.25, -0.2) is 10.9 Å². The molecule has 3 aliphatic heterocycles. The molecule has 6 N–H and O–H groups in total. The van der Waals surface area contributed by atoms with Gasteiger partial charge in [-0.15, -0.1) is 11.8 Å². The number of thioether (sulfide) groups is 1. The third-order valence-electron chi connectivity index (χ3n) is 7.66. The normalized spacial score (nSPS) is 38.9. The molecular formula is C22H40N6O4S. The highest BCUT2D eigenvalue weighted by atomic mass is 32.2. The largest absolute Gasteiger partial charge is 0.388 e. The van der Waals surface area contributed by atoms with E-state index >= 15 is 0 Å². The second kappa shape index (κ2) is 11.2. The molecule has 4 rings (SSSR count). The number of rotatable bonds is 6. The first-order chi connectivity index (χ1) is 15.8. The molecule has 0 aromatic heterocycles. The van der Waals surface area contributed by atoms with Crippen LogP contribution in [0.5, 0.6) is 0 Å². The van der Waals surface area contributed by atoms with Crippen molar-refractivity contribution in [2.45, 2.75) is 80.5 Å². The average Bonchev–Trinajstić information content (AvgIpc) is 3.37. The molecule has 10 nitrogen and oxygen atoms in total. The Morgan fingerprint density at radius 3 is 2.58 bits per heavy atom. The SMILES string of the molecule is C[C@H](SC1NNCN1C)C1CCCC(NC(=O)C2CC(C(=O)N3C[C@H](O)[C@@H](O)C3)CCN2)C1. The Morgan fingerprint density at radius 1 is 1.12 bits per heavy atom. The number of hydrogen-bond donors (Lipinski definition) is 6. The number of amides is 2. The van der Waals surface area contributed by atoms with Crippen LogP contribution in [0.15, 0.2) is 0 Å². The van der Waals surface area contributed by atoms with Crippen molar-refractivity contribution < 1.29 is 19.8 Å². The van der Waals surface area contributed by atoms with E-state index in [1.165, 1.54) is 11.3 Å². The van der Waals surface area contributed by atoms with Crippen LogP contribution in [-0.4, -0.2) is 100 Å². The summed E-state index contributed by atoms with van der Waals surface area (Å²) in [7, 11) is 2.10. The maximum atomic E-state index is 13.0. The van der Waals surface area contributed by atoms with Crippen LogP contribution < -0.4 is 21.5 Å². The monoisotopic (exact) mass is 484 g/mol. The molecule has 1 aliphatic carbocycles. The lowest BCUT2D eigenvalue weighted by atomic mass is 9.83. The first kappa shape index (κ1) is 25.2. The van der Waals surface area contributed by atoms with E-state index in [1.54, 1.807) is 0 Å². The number of β-amino-alcohol motifs (C(OH)–C–C–N with tert-alkyl or cyclic N) is 2. The van der Waals surface area contributed by atoms with Crippen LogP contribution >= 0.6 is 11.8 Å². The van der Waals surface area contributed by atoms with Gasteiger partial charge in [-0.1, -0.05) is 13.3 Å². The molecule has 3 saturated heterocycles. The second-order valence-electron chi connectivity index (χ2n) is 10.2. The molecule has 188 valence electrons. The molecular weight excluding hydrogens is 444 g/mol. The van der Waals surface area contributed by atoms with Gasteiger partial charge in [-0.3, -0.25) is 14.5 Å². The molecule has 0 aromatic carbocycles. The second-order valence-corrected chi connectivity index (χ2v) is 11.6. The van der Waals surface area contributed by atoms with E-state index in [4.69, 9.17) is 0 Å². The molecule has 0 aromatic rings.